The van der Waals surface area contributed by atoms with Crippen molar-refractivity contribution in [2.45, 2.75) is 12.1 Å². The lowest BCUT2D eigenvalue weighted by Gasteiger charge is -2.31. The van der Waals surface area contributed by atoms with Crippen molar-refractivity contribution in [2.75, 3.05) is 6.61 Å². The summed E-state index contributed by atoms with van der Waals surface area (Å²) in [6.07, 6.45) is -0.494. The van der Waals surface area contributed by atoms with E-state index in [0.29, 0.717) is 5.75 Å². The maximum atomic E-state index is 13.1. The van der Waals surface area contributed by atoms with Gasteiger partial charge in [-0.2, -0.15) is 0 Å². The first kappa shape index (κ1) is 12.9. The van der Waals surface area contributed by atoms with Crippen LogP contribution in [-0.2, 0) is 0 Å². The fraction of sp³-hybridized carbons (Fsp3) is 0.200. The number of para-hydroxylation sites is 1. The summed E-state index contributed by atoms with van der Waals surface area (Å²) in [5.74, 6) is -0.562. The Balaban J connectivity index is 1.82. The van der Waals surface area contributed by atoms with Crippen LogP contribution in [0.25, 0.3) is 0 Å². The molecule has 0 bridgehead atoms. The molecular formula is C15H13F2NO2. The molecule has 104 valence electrons. The number of benzene rings is 2. The van der Waals surface area contributed by atoms with E-state index in [1.807, 2.05) is 24.3 Å². The molecule has 2 unspecified atom stereocenters. The third-order valence-electron chi connectivity index (χ3n) is 3.21. The zero-order chi connectivity index (χ0) is 14.1. The van der Waals surface area contributed by atoms with Crippen LogP contribution in [0.1, 0.15) is 11.6 Å². The first-order valence-corrected chi connectivity index (χ1v) is 6.23. The van der Waals surface area contributed by atoms with Gasteiger partial charge in [-0.05, 0) is 6.07 Å². The van der Waals surface area contributed by atoms with Crippen molar-refractivity contribution in [3.05, 3.63) is 59.7 Å². The van der Waals surface area contributed by atoms with Crippen LogP contribution >= 0.6 is 0 Å². The van der Waals surface area contributed by atoms with Crippen molar-refractivity contribution in [3.8, 4) is 11.5 Å². The third kappa shape index (κ3) is 2.44. The average molecular weight is 277 g/mol. The molecule has 0 saturated carbocycles. The quantitative estimate of drug-likeness (QED) is 0.918. The topological polar surface area (TPSA) is 44.5 Å². The van der Waals surface area contributed by atoms with Gasteiger partial charge in [0.1, 0.15) is 29.7 Å². The second kappa shape index (κ2) is 5.09. The van der Waals surface area contributed by atoms with Crippen molar-refractivity contribution in [3.63, 3.8) is 0 Å². The molecule has 0 amide bonds. The summed E-state index contributed by atoms with van der Waals surface area (Å²) < 4.78 is 37.4. The molecule has 2 aromatic carbocycles. The van der Waals surface area contributed by atoms with E-state index in [-0.39, 0.29) is 12.4 Å². The molecular weight excluding hydrogens is 264 g/mol. The molecule has 2 aromatic rings. The summed E-state index contributed by atoms with van der Waals surface area (Å²) in [6.45, 7) is 0.232. The molecule has 0 aliphatic carbocycles. The number of nitrogens with two attached hydrogens (primary N) is 1. The van der Waals surface area contributed by atoms with Gasteiger partial charge in [0.05, 0.1) is 6.04 Å². The van der Waals surface area contributed by atoms with Crippen LogP contribution in [0, 0.1) is 11.6 Å². The van der Waals surface area contributed by atoms with Gasteiger partial charge in [-0.3, -0.25) is 0 Å². The van der Waals surface area contributed by atoms with Crippen LogP contribution in [0.4, 0.5) is 8.78 Å². The van der Waals surface area contributed by atoms with E-state index in [0.717, 1.165) is 23.8 Å². The van der Waals surface area contributed by atoms with E-state index in [2.05, 4.69) is 0 Å². The van der Waals surface area contributed by atoms with Crippen molar-refractivity contribution in [1.29, 1.82) is 0 Å². The first-order valence-electron chi connectivity index (χ1n) is 6.23. The van der Waals surface area contributed by atoms with Crippen LogP contribution in [0.5, 0.6) is 11.5 Å². The Hall–Kier alpha value is -2.14. The smallest absolute Gasteiger partial charge is 0.152 e. The van der Waals surface area contributed by atoms with Crippen molar-refractivity contribution in [2.24, 2.45) is 5.73 Å². The van der Waals surface area contributed by atoms with Gasteiger partial charge in [0.15, 0.2) is 6.10 Å². The van der Waals surface area contributed by atoms with Gasteiger partial charge < -0.3 is 15.2 Å². The largest absolute Gasteiger partial charge is 0.489 e. The molecule has 5 heteroatoms. The second-order valence-corrected chi connectivity index (χ2v) is 4.64. The Morgan fingerprint density at radius 1 is 1.10 bits per heavy atom. The van der Waals surface area contributed by atoms with E-state index >= 15 is 0 Å². The predicted octanol–water partition coefficient (Wildman–Crippen LogP) is 2.80. The van der Waals surface area contributed by atoms with Gasteiger partial charge in [-0.1, -0.05) is 18.2 Å². The van der Waals surface area contributed by atoms with E-state index in [1.165, 1.54) is 0 Å². The normalized spacial score (nSPS) is 20.9. The van der Waals surface area contributed by atoms with Gasteiger partial charge in [-0.25, -0.2) is 8.78 Å². The van der Waals surface area contributed by atoms with Gasteiger partial charge in [-0.15, -0.1) is 0 Å². The standard InChI is InChI=1S/C15H13F2NO2/c16-9-5-10(17)7-11(6-9)20-14-8-19-13-4-2-1-3-12(13)15(14)18/h1-7,14-15H,8,18H2. The SMILES string of the molecule is NC1c2ccccc2OCC1Oc1cc(F)cc(F)c1. The minimum absolute atomic E-state index is 0.103. The summed E-state index contributed by atoms with van der Waals surface area (Å²) in [7, 11) is 0. The zero-order valence-electron chi connectivity index (χ0n) is 10.6. The van der Waals surface area contributed by atoms with Crippen LogP contribution in [-0.4, -0.2) is 12.7 Å². The zero-order valence-corrected chi connectivity index (χ0v) is 10.6. The molecule has 1 heterocycles. The highest BCUT2D eigenvalue weighted by Gasteiger charge is 2.29. The predicted molar refractivity (Wildman–Crippen MR) is 69.6 cm³/mol. The van der Waals surface area contributed by atoms with Crippen molar-refractivity contribution < 1.29 is 18.3 Å². The Labute approximate surface area is 114 Å². The summed E-state index contributed by atoms with van der Waals surface area (Å²) in [6, 6.07) is 10.0. The molecule has 3 nitrogen and oxygen atoms in total. The molecule has 1 aliphatic heterocycles. The lowest BCUT2D eigenvalue weighted by atomic mass is 9.99. The summed E-state index contributed by atoms with van der Waals surface area (Å²) in [5.41, 5.74) is 6.94. The number of hydrogen-bond acceptors (Lipinski definition) is 3. The van der Waals surface area contributed by atoms with Crippen LogP contribution in [0.3, 0.4) is 0 Å². The first-order chi connectivity index (χ1) is 9.63. The molecule has 0 spiro atoms. The molecule has 3 rings (SSSR count). The number of halogens is 2. The summed E-state index contributed by atoms with van der Waals surface area (Å²) >= 11 is 0. The maximum Gasteiger partial charge on any atom is 0.152 e. The molecule has 0 aromatic heterocycles. The monoisotopic (exact) mass is 277 g/mol. The van der Waals surface area contributed by atoms with E-state index in [1.54, 1.807) is 0 Å². The summed E-state index contributed by atoms with van der Waals surface area (Å²) in [4.78, 5) is 0. The Kier molecular flexibility index (Phi) is 3.28. The van der Waals surface area contributed by atoms with Gasteiger partial charge >= 0.3 is 0 Å². The molecule has 1 aliphatic rings. The van der Waals surface area contributed by atoms with Gasteiger partial charge in [0.25, 0.3) is 0 Å². The highest BCUT2D eigenvalue weighted by Crippen LogP contribution is 2.32. The Morgan fingerprint density at radius 3 is 2.55 bits per heavy atom. The molecule has 20 heavy (non-hydrogen) atoms. The number of rotatable bonds is 2. The molecule has 2 N–H and O–H groups in total. The average Bonchev–Trinajstić information content (AvgIpc) is 2.41. The highest BCUT2D eigenvalue weighted by atomic mass is 19.1. The van der Waals surface area contributed by atoms with Gasteiger partial charge in [0.2, 0.25) is 0 Å². The maximum absolute atomic E-state index is 13.1. The lowest BCUT2D eigenvalue weighted by Crippen LogP contribution is -2.40. The minimum atomic E-state index is -0.689. The number of fused-ring (bicyclic) bond motifs is 1. The van der Waals surface area contributed by atoms with Crippen molar-refractivity contribution >= 4 is 0 Å². The van der Waals surface area contributed by atoms with E-state index in [4.69, 9.17) is 15.2 Å². The molecule has 0 radical (unpaired) electrons. The fourth-order valence-electron chi connectivity index (χ4n) is 2.24. The van der Waals surface area contributed by atoms with Crippen LogP contribution < -0.4 is 15.2 Å². The fourth-order valence-corrected chi connectivity index (χ4v) is 2.24. The minimum Gasteiger partial charge on any atom is -0.489 e. The number of ether oxygens (including phenoxy) is 2. The van der Waals surface area contributed by atoms with Crippen LogP contribution in [0.2, 0.25) is 0 Å². The van der Waals surface area contributed by atoms with E-state index < -0.39 is 23.8 Å². The third-order valence-corrected chi connectivity index (χ3v) is 3.21. The Morgan fingerprint density at radius 2 is 1.80 bits per heavy atom. The Bertz CT molecular complexity index is 613. The van der Waals surface area contributed by atoms with E-state index in [9.17, 15) is 8.78 Å². The molecule has 0 fully saturated rings. The van der Waals surface area contributed by atoms with Gasteiger partial charge in [0, 0.05) is 23.8 Å². The highest BCUT2D eigenvalue weighted by molar-refractivity contribution is 5.38. The number of hydrogen-bond donors (Lipinski definition) is 1. The van der Waals surface area contributed by atoms with Crippen molar-refractivity contribution in [1.82, 2.24) is 0 Å². The molecule has 0 saturated heterocycles. The van der Waals surface area contributed by atoms with Crippen LogP contribution in [0.15, 0.2) is 42.5 Å². The lowest BCUT2D eigenvalue weighted by molar-refractivity contribution is 0.0872. The molecule has 2 atom stereocenters. The second-order valence-electron chi connectivity index (χ2n) is 4.64. The summed E-state index contributed by atoms with van der Waals surface area (Å²) in [5, 5.41) is 0.